The fourth-order valence-electron chi connectivity index (χ4n) is 4.67. The van der Waals surface area contributed by atoms with E-state index in [0.717, 1.165) is 33.4 Å². The van der Waals surface area contributed by atoms with E-state index >= 15 is 0 Å². The normalized spacial score (nSPS) is 12.7. The van der Waals surface area contributed by atoms with Gasteiger partial charge in [0.05, 0.1) is 19.2 Å². The molecule has 8 heteroatoms. The molecule has 2 N–H and O–H groups in total. The molecule has 1 atom stereocenters. The number of rotatable bonds is 9. The van der Waals surface area contributed by atoms with E-state index in [1.165, 1.54) is 0 Å². The van der Waals surface area contributed by atoms with Crippen molar-refractivity contribution < 1.29 is 5.11 Å². The molecule has 0 fully saturated rings. The molecule has 2 aromatic carbocycles. The maximum atomic E-state index is 13.0. The highest BCUT2D eigenvalue weighted by Crippen LogP contribution is 2.29. The molecule has 0 saturated heterocycles. The largest absolute Gasteiger partial charge is 0.395 e. The first-order chi connectivity index (χ1) is 16.4. The number of nitrogens with one attached hydrogen (secondary N) is 1. The van der Waals surface area contributed by atoms with Crippen LogP contribution in [0.25, 0.3) is 10.9 Å². The standard InChI is InChI=1S/C26H32N6O2/c1-17(2)24(25-28-29-30-32(25)15-20-8-6-5-7-9-20)31(10-11-33)16-21-14-22-19(4)12-18(3)13-23(22)27-26(21)34/h5-9,12-14,17,24,33H,10-11,15-16H2,1-4H3,(H,27,34)/t24-/m0/s1. The van der Waals surface area contributed by atoms with Gasteiger partial charge in [0.1, 0.15) is 0 Å². The lowest BCUT2D eigenvalue weighted by molar-refractivity contribution is 0.106. The second kappa shape index (κ2) is 10.3. The third-order valence-electron chi connectivity index (χ3n) is 6.17. The first kappa shape index (κ1) is 23.8. The van der Waals surface area contributed by atoms with Crippen molar-refractivity contribution in [3.8, 4) is 0 Å². The molecular weight excluding hydrogens is 428 g/mol. The smallest absolute Gasteiger partial charge is 0.252 e. The number of benzene rings is 2. The average molecular weight is 461 g/mol. The number of hydrogen-bond donors (Lipinski definition) is 2. The Morgan fingerprint density at radius 1 is 1.12 bits per heavy atom. The van der Waals surface area contributed by atoms with Crippen LogP contribution >= 0.6 is 0 Å². The Hall–Kier alpha value is -3.36. The summed E-state index contributed by atoms with van der Waals surface area (Å²) in [5, 5.41) is 23.5. The summed E-state index contributed by atoms with van der Waals surface area (Å²) >= 11 is 0. The molecule has 4 aromatic rings. The zero-order valence-electron chi connectivity index (χ0n) is 20.2. The third-order valence-corrected chi connectivity index (χ3v) is 6.17. The molecule has 2 aromatic heterocycles. The van der Waals surface area contributed by atoms with E-state index in [-0.39, 0.29) is 24.1 Å². The SMILES string of the molecule is Cc1cc(C)c2cc(CN(CCO)[C@H](c3nnnn3Cc3ccccc3)C(C)C)c(=O)[nH]c2c1. The average Bonchev–Trinajstić information content (AvgIpc) is 3.22. The molecule has 178 valence electrons. The van der Waals surface area contributed by atoms with Gasteiger partial charge in [-0.05, 0) is 59.0 Å². The van der Waals surface area contributed by atoms with Crippen molar-refractivity contribution >= 4 is 10.9 Å². The maximum absolute atomic E-state index is 13.0. The van der Waals surface area contributed by atoms with E-state index in [9.17, 15) is 9.90 Å². The Morgan fingerprint density at radius 2 is 1.88 bits per heavy atom. The highest BCUT2D eigenvalue weighted by atomic mass is 16.3. The van der Waals surface area contributed by atoms with Gasteiger partial charge in [-0.25, -0.2) is 4.68 Å². The lowest BCUT2D eigenvalue weighted by atomic mass is 9.99. The molecule has 0 bridgehead atoms. The summed E-state index contributed by atoms with van der Waals surface area (Å²) in [5.41, 5.74) is 4.71. The van der Waals surface area contributed by atoms with Gasteiger partial charge in [-0.1, -0.05) is 50.2 Å². The van der Waals surface area contributed by atoms with E-state index in [0.29, 0.717) is 25.2 Å². The molecule has 0 aliphatic heterocycles. The Morgan fingerprint density at radius 3 is 2.59 bits per heavy atom. The highest BCUT2D eigenvalue weighted by molar-refractivity contribution is 5.83. The first-order valence-electron chi connectivity index (χ1n) is 11.7. The van der Waals surface area contributed by atoms with Gasteiger partial charge in [0.15, 0.2) is 5.82 Å². The zero-order valence-corrected chi connectivity index (χ0v) is 20.2. The molecule has 0 aliphatic carbocycles. The monoisotopic (exact) mass is 460 g/mol. The van der Waals surface area contributed by atoms with Crippen LogP contribution < -0.4 is 5.56 Å². The summed E-state index contributed by atoms with van der Waals surface area (Å²) in [5.74, 6) is 0.868. The van der Waals surface area contributed by atoms with Gasteiger partial charge in [-0.15, -0.1) is 5.10 Å². The minimum absolute atomic E-state index is 0.0345. The Balaban J connectivity index is 1.70. The summed E-state index contributed by atoms with van der Waals surface area (Å²) in [6.07, 6.45) is 0. The van der Waals surface area contributed by atoms with Crippen molar-refractivity contribution in [2.75, 3.05) is 13.2 Å². The quantitative estimate of drug-likeness (QED) is 0.397. The molecule has 0 amide bonds. The molecule has 0 spiro atoms. The number of nitrogens with zero attached hydrogens (tertiary/aromatic N) is 5. The van der Waals surface area contributed by atoms with Gasteiger partial charge in [0.25, 0.3) is 5.56 Å². The van der Waals surface area contributed by atoms with Gasteiger partial charge in [0, 0.05) is 29.6 Å². The topological polar surface area (TPSA) is 99.9 Å². The van der Waals surface area contributed by atoms with Crippen LogP contribution in [0.15, 0.2) is 53.3 Å². The summed E-state index contributed by atoms with van der Waals surface area (Å²) in [6, 6.07) is 15.9. The van der Waals surface area contributed by atoms with Crippen molar-refractivity contribution in [1.82, 2.24) is 30.1 Å². The van der Waals surface area contributed by atoms with Crippen LogP contribution in [-0.4, -0.2) is 48.3 Å². The Bertz CT molecular complexity index is 1310. The molecule has 2 heterocycles. The number of aromatic amines is 1. The number of pyridine rings is 1. The highest BCUT2D eigenvalue weighted by Gasteiger charge is 2.29. The fourth-order valence-corrected chi connectivity index (χ4v) is 4.67. The molecule has 0 unspecified atom stereocenters. The summed E-state index contributed by atoms with van der Waals surface area (Å²) in [7, 11) is 0. The van der Waals surface area contributed by atoms with Crippen LogP contribution in [0, 0.1) is 19.8 Å². The predicted octanol–water partition coefficient (Wildman–Crippen LogP) is 3.37. The van der Waals surface area contributed by atoms with Crippen molar-refractivity contribution in [2.24, 2.45) is 5.92 Å². The van der Waals surface area contributed by atoms with E-state index in [2.05, 4.69) is 52.2 Å². The van der Waals surface area contributed by atoms with Crippen molar-refractivity contribution in [3.05, 3.63) is 87.0 Å². The van der Waals surface area contributed by atoms with Crippen LogP contribution in [0.1, 0.15) is 48.0 Å². The van der Waals surface area contributed by atoms with Gasteiger partial charge >= 0.3 is 0 Å². The molecule has 4 rings (SSSR count). The van der Waals surface area contributed by atoms with E-state index in [4.69, 9.17) is 0 Å². The molecular formula is C26H32N6O2. The molecule has 8 nitrogen and oxygen atoms in total. The molecule has 0 aliphatic rings. The van der Waals surface area contributed by atoms with E-state index < -0.39 is 0 Å². The van der Waals surface area contributed by atoms with Gasteiger partial charge in [0.2, 0.25) is 0 Å². The summed E-state index contributed by atoms with van der Waals surface area (Å²) in [6.45, 7) is 9.57. The molecule has 0 saturated carbocycles. The number of aliphatic hydroxyl groups is 1. The number of hydrogen-bond acceptors (Lipinski definition) is 6. The second-order valence-electron chi connectivity index (χ2n) is 9.23. The predicted molar refractivity (Wildman–Crippen MR) is 132 cm³/mol. The number of fused-ring (bicyclic) bond motifs is 1. The Labute approximate surface area is 199 Å². The van der Waals surface area contributed by atoms with Crippen molar-refractivity contribution in [3.63, 3.8) is 0 Å². The second-order valence-corrected chi connectivity index (χ2v) is 9.23. The van der Waals surface area contributed by atoms with Gasteiger partial charge in [-0.3, -0.25) is 9.69 Å². The zero-order chi connectivity index (χ0) is 24.2. The minimum atomic E-state index is -0.180. The van der Waals surface area contributed by atoms with Gasteiger partial charge in [-0.2, -0.15) is 0 Å². The van der Waals surface area contributed by atoms with E-state index in [1.54, 1.807) is 0 Å². The number of aliphatic hydroxyl groups excluding tert-OH is 1. The van der Waals surface area contributed by atoms with Crippen LogP contribution in [0.2, 0.25) is 0 Å². The van der Waals surface area contributed by atoms with E-state index in [1.807, 2.05) is 54.1 Å². The number of tetrazole rings is 1. The summed E-state index contributed by atoms with van der Waals surface area (Å²) < 4.78 is 1.81. The fraction of sp³-hybridized carbons (Fsp3) is 0.385. The van der Waals surface area contributed by atoms with Crippen LogP contribution in [-0.2, 0) is 13.1 Å². The lowest BCUT2D eigenvalue weighted by Crippen LogP contribution is -2.37. The third kappa shape index (κ3) is 5.08. The Kier molecular flexibility index (Phi) is 7.19. The van der Waals surface area contributed by atoms with Crippen LogP contribution in [0.3, 0.4) is 0 Å². The number of aromatic nitrogens is 5. The number of H-pyrrole nitrogens is 1. The van der Waals surface area contributed by atoms with Crippen LogP contribution in [0.5, 0.6) is 0 Å². The first-order valence-corrected chi connectivity index (χ1v) is 11.7. The minimum Gasteiger partial charge on any atom is -0.395 e. The maximum Gasteiger partial charge on any atom is 0.252 e. The van der Waals surface area contributed by atoms with Crippen molar-refractivity contribution in [2.45, 2.75) is 46.8 Å². The molecule has 0 radical (unpaired) electrons. The van der Waals surface area contributed by atoms with Crippen LogP contribution in [0.4, 0.5) is 0 Å². The number of aryl methyl sites for hydroxylation is 2. The lowest BCUT2D eigenvalue weighted by Gasteiger charge is -2.33. The summed E-state index contributed by atoms with van der Waals surface area (Å²) in [4.78, 5) is 18.1. The van der Waals surface area contributed by atoms with Gasteiger partial charge < -0.3 is 10.1 Å². The molecule has 34 heavy (non-hydrogen) atoms. The van der Waals surface area contributed by atoms with Crippen molar-refractivity contribution in [1.29, 1.82) is 0 Å².